The second kappa shape index (κ2) is 13.1. The molecule has 1 fully saturated rings. The Morgan fingerprint density at radius 2 is 1.87 bits per heavy atom. The van der Waals surface area contributed by atoms with Gasteiger partial charge in [-0.1, -0.05) is 48.0 Å². The van der Waals surface area contributed by atoms with Crippen LogP contribution in [0, 0.1) is 6.92 Å². The summed E-state index contributed by atoms with van der Waals surface area (Å²) in [6.07, 6.45) is 2.20. The Kier molecular flexibility index (Phi) is 10.8. The lowest BCUT2D eigenvalue weighted by atomic mass is 10.0. The average molecular weight is 541 g/mol. The fourth-order valence-corrected chi connectivity index (χ4v) is 4.63. The zero-order chi connectivity index (χ0) is 20.5. The molecule has 1 aliphatic rings. The number of halogens is 1. The molecule has 0 spiro atoms. The van der Waals surface area contributed by atoms with Gasteiger partial charge in [-0.05, 0) is 37.5 Å². The lowest BCUT2D eigenvalue weighted by Crippen LogP contribution is -2.49. The minimum Gasteiger partial charge on any atom is -0.355 e. The molecule has 0 radical (unpaired) electrons. The van der Waals surface area contributed by atoms with E-state index in [1.54, 1.807) is 7.05 Å². The SMILES string of the molecule is CN=C(NCCS(=O)c1ccccc1)NC1CCN(Cc2cccc(C)c2)CC1.I. The van der Waals surface area contributed by atoms with Crippen LogP contribution < -0.4 is 10.6 Å². The highest BCUT2D eigenvalue weighted by atomic mass is 127. The van der Waals surface area contributed by atoms with Crippen LogP contribution in [0.3, 0.4) is 0 Å². The highest BCUT2D eigenvalue weighted by Gasteiger charge is 2.20. The quantitative estimate of drug-likeness (QED) is 0.321. The van der Waals surface area contributed by atoms with Crippen molar-refractivity contribution >= 4 is 40.7 Å². The van der Waals surface area contributed by atoms with Crippen molar-refractivity contribution in [2.75, 3.05) is 32.4 Å². The molecule has 0 saturated carbocycles. The molecule has 2 aromatic carbocycles. The molecule has 0 amide bonds. The van der Waals surface area contributed by atoms with E-state index < -0.39 is 10.8 Å². The summed E-state index contributed by atoms with van der Waals surface area (Å²) in [6.45, 7) is 5.97. The third-order valence-electron chi connectivity index (χ3n) is 5.23. The minimum absolute atomic E-state index is 0. The van der Waals surface area contributed by atoms with Crippen molar-refractivity contribution in [3.8, 4) is 0 Å². The van der Waals surface area contributed by atoms with Crippen LogP contribution in [0.4, 0.5) is 0 Å². The minimum atomic E-state index is -0.987. The maximum absolute atomic E-state index is 12.3. The number of hydrogen-bond acceptors (Lipinski definition) is 3. The van der Waals surface area contributed by atoms with Gasteiger partial charge in [0.05, 0.1) is 10.8 Å². The molecule has 2 aromatic rings. The van der Waals surface area contributed by atoms with Gasteiger partial charge < -0.3 is 10.6 Å². The molecule has 164 valence electrons. The van der Waals surface area contributed by atoms with E-state index in [1.165, 1.54) is 11.1 Å². The van der Waals surface area contributed by atoms with Crippen LogP contribution >= 0.6 is 24.0 Å². The first kappa shape index (κ1) is 24.8. The van der Waals surface area contributed by atoms with Crippen LogP contribution in [0.1, 0.15) is 24.0 Å². The Bertz CT molecular complexity index is 823. The van der Waals surface area contributed by atoms with Gasteiger partial charge in [0.25, 0.3) is 0 Å². The summed E-state index contributed by atoms with van der Waals surface area (Å²) in [5.41, 5.74) is 2.71. The van der Waals surface area contributed by atoms with Crippen LogP contribution in [0.25, 0.3) is 0 Å². The molecule has 0 aliphatic carbocycles. The number of rotatable bonds is 7. The molecule has 30 heavy (non-hydrogen) atoms. The molecule has 2 N–H and O–H groups in total. The Morgan fingerprint density at radius 3 is 2.53 bits per heavy atom. The number of nitrogens with zero attached hydrogens (tertiary/aromatic N) is 2. The van der Waals surface area contributed by atoms with E-state index in [-0.39, 0.29) is 24.0 Å². The standard InChI is InChI=1S/C23H32N4OS.HI/c1-19-7-6-8-20(17-19)18-27-14-11-21(12-15-27)26-23(24-2)25-13-16-29(28)22-9-4-3-5-10-22;/h3-10,17,21H,11-16,18H2,1-2H3,(H2,24,25,26);1H. The maximum atomic E-state index is 12.3. The molecule has 5 nitrogen and oxygen atoms in total. The number of nitrogens with one attached hydrogen (secondary N) is 2. The Hall–Kier alpha value is -1.45. The number of likely N-dealkylation sites (tertiary alicyclic amines) is 1. The van der Waals surface area contributed by atoms with Crippen molar-refractivity contribution in [2.45, 2.75) is 37.2 Å². The maximum Gasteiger partial charge on any atom is 0.191 e. The summed E-state index contributed by atoms with van der Waals surface area (Å²) >= 11 is 0. The molecular formula is C23H33IN4OS. The lowest BCUT2D eigenvalue weighted by molar-refractivity contribution is 0.198. The zero-order valence-electron chi connectivity index (χ0n) is 17.8. The first-order chi connectivity index (χ1) is 14.1. The van der Waals surface area contributed by atoms with Crippen LogP contribution in [0.5, 0.6) is 0 Å². The fraction of sp³-hybridized carbons (Fsp3) is 0.435. The van der Waals surface area contributed by atoms with Gasteiger partial charge in [0, 0.05) is 49.9 Å². The normalized spacial score (nSPS) is 16.5. The third kappa shape index (κ3) is 8.00. The van der Waals surface area contributed by atoms with Crippen molar-refractivity contribution < 1.29 is 4.21 Å². The second-order valence-corrected chi connectivity index (χ2v) is 9.12. The third-order valence-corrected chi connectivity index (χ3v) is 6.60. The van der Waals surface area contributed by atoms with Gasteiger partial charge in [0.1, 0.15) is 0 Å². The monoisotopic (exact) mass is 540 g/mol. The summed E-state index contributed by atoms with van der Waals surface area (Å²) in [5, 5.41) is 6.83. The number of aliphatic imine (C=N–C) groups is 1. The van der Waals surface area contributed by atoms with Crippen molar-refractivity contribution in [2.24, 2.45) is 4.99 Å². The van der Waals surface area contributed by atoms with Gasteiger partial charge in [-0.15, -0.1) is 24.0 Å². The van der Waals surface area contributed by atoms with Gasteiger partial charge in [-0.3, -0.25) is 14.1 Å². The van der Waals surface area contributed by atoms with E-state index in [4.69, 9.17) is 0 Å². The van der Waals surface area contributed by atoms with Crippen molar-refractivity contribution in [3.63, 3.8) is 0 Å². The molecule has 0 bridgehead atoms. The van der Waals surface area contributed by atoms with E-state index in [1.807, 2.05) is 30.3 Å². The number of piperidine rings is 1. The molecular weight excluding hydrogens is 507 g/mol. The van der Waals surface area contributed by atoms with Crippen molar-refractivity contribution in [3.05, 3.63) is 65.7 Å². The number of aryl methyl sites for hydroxylation is 1. The molecule has 1 unspecified atom stereocenters. The Labute approximate surface area is 200 Å². The van der Waals surface area contributed by atoms with Crippen LogP contribution in [0.2, 0.25) is 0 Å². The molecule has 7 heteroatoms. The number of hydrogen-bond donors (Lipinski definition) is 2. The summed E-state index contributed by atoms with van der Waals surface area (Å²) < 4.78 is 12.3. The van der Waals surface area contributed by atoms with Gasteiger partial charge in [-0.25, -0.2) is 0 Å². The van der Waals surface area contributed by atoms with E-state index >= 15 is 0 Å². The molecule has 1 saturated heterocycles. The van der Waals surface area contributed by atoms with Crippen molar-refractivity contribution in [1.82, 2.24) is 15.5 Å². The van der Waals surface area contributed by atoms with Crippen LogP contribution in [0.15, 0.2) is 64.5 Å². The van der Waals surface area contributed by atoms with Crippen LogP contribution in [-0.4, -0.2) is 53.5 Å². The smallest absolute Gasteiger partial charge is 0.191 e. The van der Waals surface area contributed by atoms with E-state index in [9.17, 15) is 4.21 Å². The lowest BCUT2D eigenvalue weighted by Gasteiger charge is -2.33. The van der Waals surface area contributed by atoms with Crippen LogP contribution in [-0.2, 0) is 17.3 Å². The van der Waals surface area contributed by atoms with E-state index in [0.717, 1.165) is 43.3 Å². The average Bonchev–Trinajstić information content (AvgIpc) is 2.75. The topological polar surface area (TPSA) is 56.7 Å². The Morgan fingerprint density at radius 1 is 1.13 bits per heavy atom. The van der Waals surface area contributed by atoms with Gasteiger partial charge in [-0.2, -0.15) is 0 Å². The fourth-order valence-electron chi connectivity index (χ4n) is 3.64. The molecule has 1 heterocycles. The predicted octanol–water partition coefficient (Wildman–Crippen LogP) is 3.55. The second-order valence-electron chi connectivity index (χ2n) is 7.55. The molecule has 0 aromatic heterocycles. The Balaban J connectivity index is 0.00000320. The first-order valence-electron chi connectivity index (χ1n) is 10.3. The summed E-state index contributed by atoms with van der Waals surface area (Å²) in [5.74, 6) is 1.37. The predicted molar refractivity (Wildman–Crippen MR) is 137 cm³/mol. The highest BCUT2D eigenvalue weighted by molar-refractivity contribution is 14.0. The molecule has 3 rings (SSSR count). The van der Waals surface area contributed by atoms with Gasteiger partial charge >= 0.3 is 0 Å². The zero-order valence-corrected chi connectivity index (χ0v) is 21.0. The van der Waals surface area contributed by atoms with Gasteiger partial charge in [0.2, 0.25) is 0 Å². The highest BCUT2D eigenvalue weighted by Crippen LogP contribution is 2.14. The van der Waals surface area contributed by atoms with E-state index in [2.05, 4.69) is 51.7 Å². The molecule has 1 atom stereocenters. The summed E-state index contributed by atoms with van der Waals surface area (Å²) in [6, 6.07) is 18.8. The largest absolute Gasteiger partial charge is 0.355 e. The van der Waals surface area contributed by atoms with E-state index in [0.29, 0.717) is 18.3 Å². The first-order valence-corrected chi connectivity index (χ1v) is 11.6. The molecule has 1 aliphatic heterocycles. The summed E-state index contributed by atoms with van der Waals surface area (Å²) in [4.78, 5) is 7.72. The van der Waals surface area contributed by atoms with Gasteiger partial charge in [0.15, 0.2) is 5.96 Å². The summed E-state index contributed by atoms with van der Waals surface area (Å²) in [7, 11) is 0.802. The number of benzene rings is 2. The van der Waals surface area contributed by atoms with Crippen molar-refractivity contribution in [1.29, 1.82) is 0 Å². The number of guanidine groups is 1.